The number of ether oxygens (including phenoxy) is 1. The first-order valence-electron chi connectivity index (χ1n) is 7.84. The topological polar surface area (TPSA) is 21.3 Å². The van der Waals surface area contributed by atoms with Crippen molar-refractivity contribution in [2.24, 2.45) is 11.8 Å². The smallest absolute Gasteiger partial charge is 0.119 e. The summed E-state index contributed by atoms with van der Waals surface area (Å²) in [5.74, 6) is 3.28. The molecule has 2 rings (SSSR count). The Kier molecular flexibility index (Phi) is 7.24. The van der Waals surface area contributed by atoms with Gasteiger partial charge < -0.3 is 10.1 Å². The van der Waals surface area contributed by atoms with Gasteiger partial charge in [-0.2, -0.15) is 0 Å². The van der Waals surface area contributed by atoms with Crippen LogP contribution in [0.15, 0.2) is 30.3 Å². The van der Waals surface area contributed by atoms with Crippen LogP contribution >= 0.6 is 11.6 Å². The molecule has 0 aliphatic heterocycles. The van der Waals surface area contributed by atoms with Crippen LogP contribution in [0.25, 0.3) is 0 Å². The molecule has 3 heteroatoms. The summed E-state index contributed by atoms with van der Waals surface area (Å²) < 4.78 is 5.68. The van der Waals surface area contributed by atoms with Crippen LogP contribution in [0.3, 0.4) is 0 Å². The van der Waals surface area contributed by atoms with Crippen molar-refractivity contribution in [2.45, 2.75) is 32.1 Å². The largest absolute Gasteiger partial charge is 0.494 e. The molecule has 0 heterocycles. The lowest BCUT2D eigenvalue weighted by Gasteiger charge is -2.30. The van der Waals surface area contributed by atoms with Crippen LogP contribution in [-0.4, -0.2) is 25.6 Å². The Morgan fingerprint density at radius 2 is 1.85 bits per heavy atom. The number of alkyl halides is 1. The molecule has 0 bridgehead atoms. The molecule has 0 aromatic heterocycles. The highest BCUT2D eigenvalue weighted by molar-refractivity contribution is 6.18. The third-order valence-electron chi connectivity index (χ3n) is 4.18. The van der Waals surface area contributed by atoms with E-state index in [1.165, 1.54) is 25.7 Å². The van der Waals surface area contributed by atoms with Crippen LogP contribution in [0.5, 0.6) is 5.75 Å². The minimum absolute atomic E-state index is 0.721. The Hall–Kier alpha value is -0.730. The molecule has 1 aromatic rings. The van der Waals surface area contributed by atoms with Crippen LogP contribution in [0.2, 0.25) is 0 Å². The van der Waals surface area contributed by atoms with Crippen molar-refractivity contribution in [3.8, 4) is 5.75 Å². The Labute approximate surface area is 127 Å². The van der Waals surface area contributed by atoms with E-state index in [1.807, 2.05) is 30.3 Å². The van der Waals surface area contributed by atoms with E-state index in [0.717, 1.165) is 49.6 Å². The van der Waals surface area contributed by atoms with E-state index in [0.29, 0.717) is 0 Å². The molecule has 0 radical (unpaired) electrons. The molecule has 2 atom stereocenters. The lowest BCUT2D eigenvalue weighted by Crippen LogP contribution is -2.32. The zero-order valence-corrected chi connectivity index (χ0v) is 12.9. The second kappa shape index (κ2) is 9.25. The summed E-state index contributed by atoms with van der Waals surface area (Å²) in [5.41, 5.74) is 0. The number of halogens is 1. The summed E-state index contributed by atoms with van der Waals surface area (Å²) in [5, 5.41) is 3.57. The summed E-state index contributed by atoms with van der Waals surface area (Å²) in [7, 11) is 0. The van der Waals surface area contributed by atoms with Gasteiger partial charge in [-0.3, -0.25) is 0 Å². The van der Waals surface area contributed by atoms with Gasteiger partial charge in [-0.15, -0.1) is 11.6 Å². The summed E-state index contributed by atoms with van der Waals surface area (Å²) in [6.07, 6.45) is 6.43. The fourth-order valence-electron chi connectivity index (χ4n) is 2.95. The number of hydrogen-bond acceptors (Lipinski definition) is 2. The van der Waals surface area contributed by atoms with Gasteiger partial charge in [0.2, 0.25) is 0 Å². The van der Waals surface area contributed by atoms with Gasteiger partial charge in [0.25, 0.3) is 0 Å². The van der Waals surface area contributed by atoms with E-state index in [1.54, 1.807) is 0 Å². The van der Waals surface area contributed by atoms with Crippen LogP contribution in [0, 0.1) is 11.8 Å². The van der Waals surface area contributed by atoms with Gasteiger partial charge in [-0.25, -0.2) is 0 Å². The first-order valence-corrected chi connectivity index (χ1v) is 8.38. The molecule has 1 fully saturated rings. The molecule has 0 spiro atoms. The molecular weight excluding hydrogens is 270 g/mol. The van der Waals surface area contributed by atoms with Gasteiger partial charge in [0, 0.05) is 5.88 Å². The molecule has 2 nitrogen and oxygen atoms in total. The highest BCUT2D eigenvalue weighted by atomic mass is 35.5. The van der Waals surface area contributed by atoms with E-state index >= 15 is 0 Å². The number of para-hydroxylation sites is 1. The molecule has 20 heavy (non-hydrogen) atoms. The summed E-state index contributed by atoms with van der Waals surface area (Å²) in [6, 6.07) is 10.0. The van der Waals surface area contributed by atoms with Crippen molar-refractivity contribution in [3.05, 3.63) is 30.3 Å². The molecule has 2 unspecified atom stereocenters. The Morgan fingerprint density at radius 1 is 1.10 bits per heavy atom. The molecule has 1 aliphatic rings. The second-order valence-corrected chi connectivity index (χ2v) is 5.99. The first kappa shape index (κ1) is 15.7. The van der Waals surface area contributed by atoms with E-state index < -0.39 is 0 Å². The number of benzene rings is 1. The van der Waals surface area contributed by atoms with Gasteiger partial charge in [0.15, 0.2) is 0 Å². The van der Waals surface area contributed by atoms with Crippen molar-refractivity contribution in [1.29, 1.82) is 0 Å². The van der Waals surface area contributed by atoms with Crippen molar-refractivity contribution in [1.82, 2.24) is 5.32 Å². The normalized spacial score (nSPS) is 22.6. The van der Waals surface area contributed by atoms with Crippen molar-refractivity contribution < 1.29 is 4.74 Å². The highest BCUT2D eigenvalue weighted by Crippen LogP contribution is 2.30. The zero-order valence-electron chi connectivity index (χ0n) is 12.2. The van der Waals surface area contributed by atoms with E-state index in [2.05, 4.69) is 5.32 Å². The summed E-state index contributed by atoms with van der Waals surface area (Å²) in [6.45, 7) is 2.92. The third-order valence-corrected chi connectivity index (χ3v) is 4.58. The monoisotopic (exact) mass is 295 g/mol. The number of rotatable bonds is 8. The minimum atomic E-state index is 0.721. The first-order chi connectivity index (χ1) is 9.90. The predicted molar refractivity (Wildman–Crippen MR) is 85.6 cm³/mol. The molecule has 1 N–H and O–H groups in total. The van der Waals surface area contributed by atoms with Gasteiger partial charge >= 0.3 is 0 Å². The SMILES string of the molecule is ClCC1CCCCC1CNCCCOc1ccccc1. The number of hydrogen-bond donors (Lipinski definition) is 1. The Balaban J connectivity index is 1.53. The molecule has 1 aliphatic carbocycles. The van der Waals surface area contributed by atoms with Crippen LogP contribution in [0.4, 0.5) is 0 Å². The molecule has 1 saturated carbocycles. The minimum Gasteiger partial charge on any atom is -0.494 e. The van der Waals surface area contributed by atoms with Crippen LogP contribution in [0.1, 0.15) is 32.1 Å². The average molecular weight is 296 g/mol. The Bertz CT molecular complexity index is 357. The molecular formula is C17H26ClNO. The average Bonchev–Trinajstić information content (AvgIpc) is 2.52. The van der Waals surface area contributed by atoms with Crippen molar-refractivity contribution >= 4 is 11.6 Å². The van der Waals surface area contributed by atoms with Crippen molar-refractivity contribution in [3.63, 3.8) is 0 Å². The maximum Gasteiger partial charge on any atom is 0.119 e. The highest BCUT2D eigenvalue weighted by Gasteiger charge is 2.23. The quantitative estimate of drug-likeness (QED) is 0.576. The van der Waals surface area contributed by atoms with E-state index in [9.17, 15) is 0 Å². The Morgan fingerprint density at radius 3 is 2.60 bits per heavy atom. The van der Waals surface area contributed by atoms with Gasteiger partial charge in [-0.1, -0.05) is 31.0 Å². The molecule has 0 amide bonds. The maximum atomic E-state index is 6.06. The lowest BCUT2D eigenvalue weighted by atomic mass is 9.80. The zero-order chi connectivity index (χ0) is 14.0. The maximum absolute atomic E-state index is 6.06. The van der Waals surface area contributed by atoms with E-state index in [4.69, 9.17) is 16.3 Å². The number of nitrogens with one attached hydrogen (secondary N) is 1. The fraction of sp³-hybridized carbons (Fsp3) is 0.647. The second-order valence-electron chi connectivity index (χ2n) is 5.68. The summed E-state index contributed by atoms with van der Waals surface area (Å²) >= 11 is 6.06. The van der Waals surface area contributed by atoms with Gasteiger partial charge in [-0.05, 0) is 56.3 Å². The standard InChI is InChI=1S/C17H26ClNO/c18-13-15-7-4-5-8-16(15)14-19-11-6-12-20-17-9-2-1-3-10-17/h1-3,9-10,15-16,19H,4-8,11-14H2. The molecule has 112 valence electrons. The third kappa shape index (κ3) is 5.34. The summed E-state index contributed by atoms with van der Waals surface area (Å²) in [4.78, 5) is 0. The van der Waals surface area contributed by atoms with Crippen LogP contribution < -0.4 is 10.1 Å². The molecule has 0 saturated heterocycles. The molecule has 1 aromatic carbocycles. The van der Waals surface area contributed by atoms with Gasteiger partial charge in [0.1, 0.15) is 5.75 Å². The van der Waals surface area contributed by atoms with E-state index in [-0.39, 0.29) is 0 Å². The van der Waals surface area contributed by atoms with Crippen molar-refractivity contribution in [2.75, 3.05) is 25.6 Å². The van der Waals surface area contributed by atoms with Gasteiger partial charge in [0.05, 0.1) is 6.61 Å². The predicted octanol–water partition coefficient (Wildman–Crippen LogP) is 4.09. The van der Waals surface area contributed by atoms with Crippen LogP contribution in [-0.2, 0) is 0 Å². The lowest BCUT2D eigenvalue weighted by molar-refractivity contribution is 0.247. The fourth-order valence-corrected chi connectivity index (χ4v) is 3.35.